The van der Waals surface area contributed by atoms with Crippen molar-refractivity contribution in [3.63, 3.8) is 0 Å². The molecule has 1 aromatic carbocycles. The summed E-state index contributed by atoms with van der Waals surface area (Å²) in [6.07, 6.45) is 0.484. The third-order valence-corrected chi connectivity index (χ3v) is 1.78. The summed E-state index contributed by atoms with van der Waals surface area (Å²) in [4.78, 5) is 0. The zero-order chi connectivity index (χ0) is 9.14. The van der Waals surface area contributed by atoms with Crippen LogP contribution in [0.2, 0.25) is 0 Å². The lowest BCUT2D eigenvalue weighted by molar-refractivity contribution is 0.555. The van der Waals surface area contributed by atoms with Crippen LogP contribution in [0, 0.1) is 13.8 Å². The number of benzene rings is 1. The highest BCUT2D eigenvalue weighted by Crippen LogP contribution is 2.09. The van der Waals surface area contributed by atoms with Crippen molar-refractivity contribution >= 4 is 17.3 Å². The van der Waals surface area contributed by atoms with Gasteiger partial charge in [0.25, 0.3) is 0 Å². The molecule has 0 aromatic heterocycles. The average Bonchev–Trinajstić information content (AvgIpc) is 1.81. The normalized spacial score (nSPS) is 9.83. The number of aliphatic hydroxyl groups excluding tert-OH is 1. The average molecular weight is 180 g/mol. The topological polar surface area (TPSA) is 20.2 Å². The van der Waals surface area contributed by atoms with E-state index in [4.69, 9.17) is 5.11 Å². The van der Waals surface area contributed by atoms with E-state index in [1.807, 2.05) is 26.0 Å². The third kappa shape index (κ3) is 2.62. The van der Waals surface area contributed by atoms with Crippen molar-refractivity contribution in [2.75, 3.05) is 0 Å². The molecule has 0 saturated heterocycles. The minimum atomic E-state index is 0.0556. The van der Waals surface area contributed by atoms with Gasteiger partial charge in [-0.3, -0.25) is 0 Å². The van der Waals surface area contributed by atoms with Gasteiger partial charge in [-0.05, 0) is 31.6 Å². The summed E-state index contributed by atoms with van der Waals surface area (Å²) in [6.45, 7) is 4.08. The van der Waals surface area contributed by atoms with Gasteiger partial charge < -0.3 is 5.11 Å². The van der Waals surface area contributed by atoms with Crippen molar-refractivity contribution in [3.05, 3.63) is 34.9 Å². The molecule has 0 saturated carbocycles. The fourth-order valence-electron chi connectivity index (χ4n) is 1.35. The largest absolute Gasteiger partial charge is 0.502 e. The molecule has 1 rings (SSSR count). The van der Waals surface area contributed by atoms with Crippen LogP contribution in [0.5, 0.6) is 0 Å². The van der Waals surface area contributed by atoms with Crippen LogP contribution in [0.3, 0.4) is 0 Å². The molecule has 0 aliphatic carbocycles. The summed E-state index contributed by atoms with van der Waals surface area (Å²) in [5.41, 5.74) is 3.50. The van der Waals surface area contributed by atoms with E-state index in [1.165, 1.54) is 11.1 Å². The van der Waals surface area contributed by atoms with Gasteiger partial charge in [-0.1, -0.05) is 29.3 Å². The highest BCUT2D eigenvalue weighted by atomic mass is 32.1. The first-order valence-corrected chi connectivity index (χ1v) is 4.28. The zero-order valence-corrected chi connectivity index (χ0v) is 8.11. The van der Waals surface area contributed by atoms with Crippen molar-refractivity contribution < 1.29 is 5.11 Å². The Bertz CT molecular complexity index is 284. The molecule has 12 heavy (non-hydrogen) atoms. The Hall–Kier alpha value is -0.890. The second-order valence-corrected chi connectivity index (χ2v) is 3.54. The summed E-state index contributed by atoms with van der Waals surface area (Å²) in [7, 11) is 0. The molecule has 64 valence electrons. The van der Waals surface area contributed by atoms with Gasteiger partial charge in [-0.15, -0.1) is 0 Å². The smallest absolute Gasteiger partial charge is 0.160 e. The number of rotatable bonds is 2. The van der Waals surface area contributed by atoms with E-state index < -0.39 is 0 Å². The van der Waals surface area contributed by atoms with E-state index in [0.717, 1.165) is 5.56 Å². The first kappa shape index (κ1) is 9.20. The van der Waals surface area contributed by atoms with Crippen LogP contribution < -0.4 is 0 Å². The van der Waals surface area contributed by atoms with Gasteiger partial charge in [-0.25, -0.2) is 0 Å². The van der Waals surface area contributed by atoms with E-state index in [1.54, 1.807) is 0 Å². The van der Waals surface area contributed by atoms with Crippen molar-refractivity contribution in [2.24, 2.45) is 0 Å². The first-order valence-electron chi connectivity index (χ1n) is 3.87. The molecule has 0 heterocycles. The van der Waals surface area contributed by atoms with Gasteiger partial charge >= 0.3 is 0 Å². The molecular formula is C10H12OS. The van der Waals surface area contributed by atoms with Crippen molar-refractivity contribution in [3.8, 4) is 0 Å². The fourth-order valence-corrected chi connectivity index (χ4v) is 1.51. The Morgan fingerprint density at radius 2 is 1.75 bits per heavy atom. The Morgan fingerprint density at radius 1 is 1.25 bits per heavy atom. The SMILES string of the molecule is Cc1cc(C)cc(CC(O)=S)c1. The predicted octanol–water partition coefficient (Wildman–Crippen LogP) is 2.73. The van der Waals surface area contributed by atoms with Gasteiger partial charge in [0.1, 0.15) is 0 Å². The summed E-state index contributed by atoms with van der Waals surface area (Å²) >= 11 is 4.62. The lowest BCUT2D eigenvalue weighted by atomic mass is 10.1. The summed E-state index contributed by atoms with van der Waals surface area (Å²) in [5, 5.41) is 8.97. The van der Waals surface area contributed by atoms with Crippen LogP contribution in [-0.2, 0) is 6.42 Å². The van der Waals surface area contributed by atoms with Crippen LogP contribution >= 0.6 is 12.2 Å². The van der Waals surface area contributed by atoms with E-state index >= 15 is 0 Å². The number of thiocarbonyl (C=S) groups is 1. The third-order valence-electron chi connectivity index (χ3n) is 1.64. The maximum absolute atomic E-state index is 8.92. The first-order chi connectivity index (χ1) is 5.58. The molecule has 0 unspecified atom stereocenters. The van der Waals surface area contributed by atoms with Crippen molar-refractivity contribution in [2.45, 2.75) is 20.3 Å². The molecule has 0 radical (unpaired) electrons. The maximum Gasteiger partial charge on any atom is 0.160 e. The van der Waals surface area contributed by atoms with Crippen LogP contribution in [0.15, 0.2) is 18.2 Å². The minimum Gasteiger partial charge on any atom is -0.502 e. The minimum absolute atomic E-state index is 0.0556. The standard InChI is InChI=1S/C10H12OS/c1-7-3-8(2)5-9(4-7)6-10(11)12/h3-5H,6H2,1-2H3,(H,11,12). The van der Waals surface area contributed by atoms with Gasteiger partial charge in [0.15, 0.2) is 5.05 Å². The molecule has 0 spiro atoms. The van der Waals surface area contributed by atoms with E-state index in [9.17, 15) is 0 Å². The molecule has 1 nitrogen and oxygen atoms in total. The highest BCUT2D eigenvalue weighted by molar-refractivity contribution is 7.80. The van der Waals surface area contributed by atoms with Crippen LogP contribution in [-0.4, -0.2) is 10.2 Å². The lowest BCUT2D eigenvalue weighted by Gasteiger charge is -2.02. The van der Waals surface area contributed by atoms with E-state index in [2.05, 4.69) is 18.3 Å². The molecule has 0 amide bonds. The van der Waals surface area contributed by atoms with Crippen LogP contribution in [0.1, 0.15) is 16.7 Å². The van der Waals surface area contributed by atoms with E-state index in [0.29, 0.717) is 6.42 Å². The predicted molar refractivity (Wildman–Crippen MR) is 54.8 cm³/mol. The molecule has 0 aliphatic rings. The van der Waals surface area contributed by atoms with Crippen molar-refractivity contribution in [1.29, 1.82) is 0 Å². The quantitative estimate of drug-likeness (QED) is 0.706. The second-order valence-electron chi connectivity index (χ2n) is 3.07. The van der Waals surface area contributed by atoms with Gasteiger partial charge in [0, 0.05) is 6.42 Å². The zero-order valence-electron chi connectivity index (χ0n) is 7.29. The van der Waals surface area contributed by atoms with Gasteiger partial charge in [0.2, 0.25) is 0 Å². The monoisotopic (exact) mass is 180 g/mol. The Balaban J connectivity index is 2.93. The lowest BCUT2D eigenvalue weighted by Crippen LogP contribution is -1.97. The summed E-state index contributed by atoms with van der Waals surface area (Å²) < 4.78 is 0. The number of hydrogen-bond donors (Lipinski definition) is 1. The van der Waals surface area contributed by atoms with Gasteiger partial charge in [0.05, 0.1) is 0 Å². The van der Waals surface area contributed by atoms with Crippen molar-refractivity contribution in [1.82, 2.24) is 0 Å². The summed E-state index contributed by atoms with van der Waals surface area (Å²) in [5.74, 6) is 0. The molecular weight excluding hydrogens is 168 g/mol. The van der Waals surface area contributed by atoms with Crippen LogP contribution in [0.25, 0.3) is 0 Å². The Labute approximate surface area is 78.0 Å². The number of hydrogen-bond acceptors (Lipinski definition) is 1. The Kier molecular flexibility index (Phi) is 2.82. The molecule has 2 heteroatoms. The van der Waals surface area contributed by atoms with Gasteiger partial charge in [-0.2, -0.15) is 0 Å². The molecule has 0 atom stereocenters. The second kappa shape index (κ2) is 3.68. The number of aryl methyl sites for hydroxylation is 2. The van der Waals surface area contributed by atoms with Crippen LogP contribution in [0.4, 0.5) is 0 Å². The molecule has 1 N–H and O–H groups in total. The highest BCUT2D eigenvalue weighted by Gasteiger charge is 1.98. The fraction of sp³-hybridized carbons (Fsp3) is 0.300. The molecule has 0 fully saturated rings. The molecule has 1 aromatic rings. The Morgan fingerprint density at radius 3 is 2.17 bits per heavy atom. The van der Waals surface area contributed by atoms with E-state index in [-0.39, 0.29) is 5.05 Å². The number of aliphatic hydroxyl groups is 1. The summed E-state index contributed by atoms with van der Waals surface area (Å²) in [6, 6.07) is 6.18. The molecule has 0 aliphatic heterocycles. The maximum atomic E-state index is 8.92. The molecule has 0 bridgehead atoms.